The first-order chi connectivity index (χ1) is 13.6. The number of rotatable bonds is 4. The van der Waals surface area contributed by atoms with E-state index >= 15 is 0 Å². The van der Waals surface area contributed by atoms with Crippen molar-refractivity contribution in [2.45, 2.75) is 26.3 Å². The van der Waals surface area contributed by atoms with Gasteiger partial charge in [0.2, 0.25) is 0 Å². The highest BCUT2D eigenvalue weighted by molar-refractivity contribution is 6.06. The highest BCUT2D eigenvalue weighted by atomic mass is 35.5. The van der Waals surface area contributed by atoms with E-state index in [9.17, 15) is 9.59 Å². The molecule has 2 aromatic rings. The number of hydrogen-bond donors (Lipinski definition) is 2. The molecule has 1 aromatic carbocycles. The molecule has 2 aliphatic rings. The number of hydrogen-bond acceptors (Lipinski definition) is 5. The van der Waals surface area contributed by atoms with Gasteiger partial charge in [0.05, 0.1) is 5.69 Å². The number of piperidine rings is 1. The fourth-order valence-electron chi connectivity index (χ4n) is 3.80. The predicted molar refractivity (Wildman–Crippen MR) is 114 cm³/mol. The SMILES string of the molecule is Cc1ccn(CC2CCCNC2)c(=O)c1C(=O)Nc1cccc2c1OCCO2.Cl. The minimum Gasteiger partial charge on any atom is -0.486 e. The highest BCUT2D eigenvalue weighted by Gasteiger charge is 2.22. The van der Waals surface area contributed by atoms with Crippen LogP contribution < -0.4 is 25.7 Å². The zero-order valence-electron chi connectivity index (χ0n) is 16.4. The summed E-state index contributed by atoms with van der Waals surface area (Å²) in [6.07, 6.45) is 3.98. The maximum atomic E-state index is 13.0. The molecule has 1 atom stereocenters. The Balaban J connectivity index is 0.00000240. The van der Waals surface area contributed by atoms with Crippen LogP contribution in [0, 0.1) is 12.8 Å². The topological polar surface area (TPSA) is 81.6 Å². The number of carbonyl (C=O) groups excluding carboxylic acids is 1. The van der Waals surface area contributed by atoms with Crippen molar-refractivity contribution in [3.05, 3.63) is 51.9 Å². The molecule has 0 radical (unpaired) electrons. The van der Waals surface area contributed by atoms with Gasteiger partial charge in [0, 0.05) is 12.7 Å². The molecule has 0 aliphatic carbocycles. The maximum Gasteiger partial charge on any atom is 0.263 e. The number of anilines is 1. The first-order valence-corrected chi connectivity index (χ1v) is 9.74. The molecule has 3 heterocycles. The van der Waals surface area contributed by atoms with E-state index in [4.69, 9.17) is 9.47 Å². The first kappa shape index (κ1) is 21.2. The Labute approximate surface area is 175 Å². The van der Waals surface area contributed by atoms with Crippen molar-refractivity contribution in [3.8, 4) is 11.5 Å². The Morgan fingerprint density at radius 2 is 2.10 bits per heavy atom. The summed E-state index contributed by atoms with van der Waals surface area (Å²) in [7, 11) is 0. The van der Waals surface area contributed by atoms with Crippen molar-refractivity contribution in [2.75, 3.05) is 31.6 Å². The lowest BCUT2D eigenvalue weighted by molar-refractivity contribution is 0.102. The third-order valence-electron chi connectivity index (χ3n) is 5.27. The lowest BCUT2D eigenvalue weighted by Gasteiger charge is -2.24. The van der Waals surface area contributed by atoms with Crippen molar-refractivity contribution >= 4 is 24.0 Å². The molecule has 1 unspecified atom stereocenters. The summed E-state index contributed by atoms with van der Waals surface area (Å²) < 4.78 is 12.9. The summed E-state index contributed by atoms with van der Waals surface area (Å²) in [5, 5.41) is 6.19. The Kier molecular flexibility index (Phi) is 6.82. The summed E-state index contributed by atoms with van der Waals surface area (Å²) in [5.74, 6) is 1.07. The zero-order chi connectivity index (χ0) is 19.5. The number of aryl methyl sites for hydroxylation is 1. The van der Waals surface area contributed by atoms with Crippen LogP contribution in [0.5, 0.6) is 11.5 Å². The van der Waals surface area contributed by atoms with Gasteiger partial charge >= 0.3 is 0 Å². The molecule has 1 aromatic heterocycles. The molecule has 2 N–H and O–H groups in total. The number of halogens is 1. The summed E-state index contributed by atoms with van der Waals surface area (Å²) >= 11 is 0. The molecule has 29 heavy (non-hydrogen) atoms. The van der Waals surface area contributed by atoms with Gasteiger partial charge in [-0.25, -0.2) is 0 Å². The van der Waals surface area contributed by atoms with Gasteiger partial charge in [-0.15, -0.1) is 12.4 Å². The molecule has 7 nitrogen and oxygen atoms in total. The number of ether oxygens (including phenoxy) is 2. The van der Waals surface area contributed by atoms with E-state index in [1.54, 1.807) is 35.9 Å². The average molecular weight is 420 g/mol. The lowest BCUT2D eigenvalue weighted by atomic mass is 9.99. The summed E-state index contributed by atoms with van der Waals surface area (Å²) in [6, 6.07) is 7.15. The van der Waals surface area contributed by atoms with Crippen LogP contribution in [0.15, 0.2) is 35.3 Å². The fourth-order valence-corrected chi connectivity index (χ4v) is 3.80. The number of aromatic nitrogens is 1. The van der Waals surface area contributed by atoms with E-state index in [0.717, 1.165) is 25.9 Å². The molecule has 0 saturated carbocycles. The van der Waals surface area contributed by atoms with Crippen LogP contribution in [-0.4, -0.2) is 36.8 Å². The van der Waals surface area contributed by atoms with Crippen molar-refractivity contribution in [3.63, 3.8) is 0 Å². The first-order valence-electron chi connectivity index (χ1n) is 9.74. The number of nitrogens with one attached hydrogen (secondary N) is 2. The molecule has 156 valence electrons. The fraction of sp³-hybridized carbons (Fsp3) is 0.429. The third-order valence-corrected chi connectivity index (χ3v) is 5.27. The Bertz CT molecular complexity index is 938. The van der Waals surface area contributed by atoms with E-state index in [-0.39, 0.29) is 23.5 Å². The monoisotopic (exact) mass is 419 g/mol. The van der Waals surface area contributed by atoms with E-state index in [2.05, 4.69) is 10.6 Å². The molecule has 1 saturated heterocycles. The second kappa shape index (κ2) is 9.33. The van der Waals surface area contributed by atoms with Gasteiger partial charge in [0.25, 0.3) is 11.5 Å². The molecule has 0 spiro atoms. The molecule has 2 aliphatic heterocycles. The van der Waals surface area contributed by atoms with Crippen molar-refractivity contribution in [2.24, 2.45) is 5.92 Å². The summed E-state index contributed by atoms with van der Waals surface area (Å²) in [4.78, 5) is 26.0. The Morgan fingerprint density at radius 3 is 2.90 bits per heavy atom. The zero-order valence-corrected chi connectivity index (χ0v) is 17.2. The van der Waals surface area contributed by atoms with Gasteiger partial charge in [-0.2, -0.15) is 0 Å². The lowest BCUT2D eigenvalue weighted by Crippen LogP contribution is -2.36. The third kappa shape index (κ3) is 4.57. The smallest absolute Gasteiger partial charge is 0.263 e. The van der Waals surface area contributed by atoms with Crippen LogP contribution >= 0.6 is 12.4 Å². The van der Waals surface area contributed by atoms with E-state index in [1.807, 2.05) is 6.07 Å². The normalized spacial score (nSPS) is 17.9. The van der Waals surface area contributed by atoms with E-state index in [1.165, 1.54) is 0 Å². The number of benzene rings is 1. The molecule has 4 rings (SSSR count). The minimum absolute atomic E-state index is 0. The minimum atomic E-state index is -0.429. The van der Waals surface area contributed by atoms with Crippen molar-refractivity contribution in [1.82, 2.24) is 9.88 Å². The van der Waals surface area contributed by atoms with Crippen LogP contribution in [-0.2, 0) is 6.54 Å². The van der Waals surface area contributed by atoms with Crippen LogP contribution in [0.4, 0.5) is 5.69 Å². The second-order valence-corrected chi connectivity index (χ2v) is 7.33. The van der Waals surface area contributed by atoms with E-state index in [0.29, 0.717) is 48.4 Å². The van der Waals surface area contributed by atoms with Crippen LogP contribution in [0.2, 0.25) is 0 Å². The quantitative estimate of drug-likeness (QED) is 0.796. The molecular weight excluding hydrogens is 394 g/mol. The van der Waals surface area contributed by atoms with Crippen LogP contribution in [0.3, 0.4) is 0 Å². The van der Waals surface area contributed by atoms with E-state index < -0.39 is 5.91 Å². The predicted octanol–water partition coefficient (Wildman–Crippen LogP) is 2.60. The number of pyridine rings is 1. The standard InChI is InChI=1S/C21H25N3O4.ClH/c1-14-7-9-24(13-15-4-3-8-22-12-15)21(26)18(14)20(25)23-16-5-2-6-17-19(16)28-11-10-27-17;/h2,5-7,9,15,22H,3-4,8,10-13H2,1H3,(H,23,25);1H. The molecular formula is C21H26ClN3O4. The van der Waals surface area contributed by atoms with Gasteiger partial charge in [0.15, 0.2) is 11.5 Å². The second-order valence-electron chi connectivity index (χ2n) is 7.33. The largest absolute Gasteiger partial charge is 0.486 e. The molecule has 1 fully saturated rings. The Hall–Kier alpha value is -2.51. The van der Waals surface area contributed by atoms with Gasteiger partial charge < -0.3 is 24.7 Å². The van der Waals surface area contributed by atoms with Crippen molar-refractivity contribution < 1.29 is 14.3 Å². The Morgan fingerprint density at radius 1 is 1.28 bits per heavy atom. The number of nitrogens with zero attached hydrogens (tertiary/aromatic N) is 1. The van der Waals surface area contributed by atoms with Gasteiger partial charge in [0.1, 0.15) is 18.8 Å². The molecule has 1 amide bonds. The number of carbonyl (C=O) groups is 1. The summed E-state index contributed by atoms with van der Waals surface area (Å²) in [5.41, 5.74) is 1.07. The molecule has 8 heteroatoms. The number of amides is 1. The van der Waals surface area contributed by atoms with Crippen molar-refractivity contribution in [1.29, 1.82) is 0 Å². The van der Waals surface area contributed by atoms with Crippen LogP contribution in [0.1, 0.15) is 28.8 Å². The van der Waals surface area contributed by atoms with Gasteiger partial charge in [-0.3, -0.25) is 9.59 Å². The maximum absolute atomic E-state index is 13.0. The highest BCUT2D eigenvalue weighted by Crippen LogP contribution is 2.37. The number of fused-ring (bicyclic) bond motifs is 1. The van der Waals surface area contributed by atoms with Gasteiger partial charge in [-0.1, -0.05) is 6.07 Å². The average Bonchev–Trinajstić information content (AvgIpc) is 2.71. The summed E-state index contributed by atoms with van der Waals surface area (Å²) in [6.45, 7) is 5.22. The molecule has 0 bridgehead atoms. The number of para-hydroxylation sites is 1. The van der Waals surface area contributed by atoms with Crippen LogP contribution in [0.25, 0.3) is 0 Å². The van der Waals surface area contributed by atoms with Gasteiger partial charge in [-0.05, 0) is 62.5 Å².